The van der Waals surface area contributed by atoms with Crippen LogP contribution in [0.5, 0.6) is 0 Å². The molecule has 0 unspecified atom stereocenters. The van der Waals surface area contributed by atoms with Crippen molar-refractivity contribution in [3.05, 3.63) is 88.4 Å². The minimum absolute atomic E-state index is 0.128. The normalized spacial score (nSPS) is 11.2. The smallest absolute Gasteiger partial charge is 0.264 e. The molecule has 0 aliphatic rings. The molecule has 0 atom stereocenters. The van der Waals surface area contributed by atoms with Crippen molar-refractivity contribution in [1.82, 2.24) is 0 Å². The molecule has 3 aromatic rings. The van der Waals surface area contributed by atoms with Gasteiger partial charge in [0.15, 0.2) is 0 Å². The Balaban J connectivity index is 1.69. The fraction of sp³-hybridized carbons (Fsp3) is 0.174. The summed E-state index contributed by atoms with van der Waals surface area (Å²) in [5, 5.41) is 3.39. The van der Waals surface area contributed by atoms with E-state index in [0.717, 1.165) is 22.4 Å². The number of amides is 1. The largest absolute Gasteiger partial charge is 0.326 e. The molecule has 0 aliphatic heterocycles. The van der Waals surface area contributed by atoms with E-state index in [0.29, 0.717) is 10.7 Å². The highest BCUT2D eigenvalue weighted by atomic mass is 35.5. The van der Waals surface area contributed by atoms with Crippen LogP contribution in [0, 0.1) is 13.8 Å². The molecule has 0 aliphatic carbocycles. The van der Waals surface area contributed by atoms with E-state index in [2.05, 4.69) is 5.32 Å². The van der Waals surface area contributed by atoms with Crippen LogP contribution in [0.3, 0.4) is 0 Å². The van der Waals surface area contributed by atoms with Gasteiger partial charge in [-0.25, -0.2) is 8.42 Å². The Hall–Kier alpha value is -2.83. The number of halogens is 1. The fourth-order valence-electron chi connectivity index (χ4n) is 3.06. The van der Waals surface area contributed by atoms with Crippen LogP contribution in [0.4, 0.5) is 11.4 Å². The van der Waals surface area contributed by atoms with E-state index in [-0.39, 0.29) is 17.2 Å². The topological polar surface area (TPSA) is 66.5 Å². The van der Waals surface area contributed by atoms with Crippen molar-refractivity contribution in [3.63, 3.8) is 0 Å². The van der Waals surface area contributed by atoms with E-state index >= 15 is 0 Å². The monoisotopic (exact) mass is 442 g/mol. The van der Waals surface area contributed by atoms with Crippen LogP contribution in [0.15, 0.2) is 71.6 Å². The number of carbonyl (C=O) groups excluding carboxylic acids is 1. The lowest BCUT2D eigenvalue weighted by molar-refractivity contribution is -0.115. The van der Waals surface area contributed by atoms with Gasteiger partial charge in [-0.05, 0) is 67.4 Å². The Morgan fingerprint density at radius 3 is 2.20 bits per heavy atom. The van der Waals surface area contributed by atoms with Crippen LogP contribution in [0.1, 0.15) is 16.7 Å². The van der Waals surface area contributed by atoms with Gasteiger partial charge < -0.3 is 5.32 Å². The van der Waals surface area contributed by atoms with Crippen LogP contribution >= 0.6 is 11.6 Å². The molecule has 0 bridgehead atoms. The zero-order chi connectivity index (χ0) is 21.9. The molecule has 0 aromatic heterocycles. The van der Waals surface area contributed by atoms with Gasteiger partial charge in [-0.1, -0.05) is 41.4 Å². The molecule has 3 aromatic carbocycles. The van der Waals surface area contributed by atoms with Gasteiger partial charge in [0.1, 0.15) is 0 Å². The first-order valence-electron chi connectivity index (χ1n) is 9.37. The zero-order valence-corrected chi connectivity index (χ0v) is 18.6. The molecule has 30 heavy (non-hydrogen) atoms. The molecule has 0 fully saturated rings. The Labute approximate surface area is 182 Å². The molecule has 5 nitrogen and oxygen atoms in total. The quantitative estimate of drug-likeness (QED) is 0.586. The molecule has 0 saturated carbocycles. The van der Waals surface area contributed by atoms with Crippen molar-refractivity contribution in [2.45, 2.75) is 25.2 Å². The standard InChI is InChI=1S/C23H23ClN2O3S/c1-16-4-13-22(17(2)14-16)25-23(27)15-18-5-9-20(10-6-18)26(3)30(28,29)21-11-7-19(24)8-12-21/h4-14H,15H2,1-3H3,(H,25,27). The van der Waals surface area contributed by atoms with Gasteiger partial charge in [0.2, 0.25) is 5.91 Å². The average molecular weight is 443 g/mol. The lowest BCUT2D eigenvalue weighted by atomic mass is 10.1. The molecule has 1 N–H and O–H groups in total. The summed E-state index contributed by atoms with van der Waals surface area (Å²) in [6, 6.07) is 18.8. The van der Waals surface area contributed by atoms with Gasteiger partial charge in [-0.2, -0.15) is 0 Å². The van der Waals surface area contributed by atoms with Gasteiger partial charge in [0.25, 0.3) is 10.0 Å². The van der Waals surface area contributed by atoms with E-state index in [1.54, 1.807) is 36.4 Å². The third-order valence-electron chi connectivity index (χ3n) is 4.79. The lowest BCUT2D eigenvalue weighted by Gasteiger charge is -2.20. The summed E-state index contributed by atoms with van der Waals surface area (Å²) in [5.41, 5.74) is 4.23. The third-order valence-corrected chi connectivity index (χ3v) is 6.84. The number of nitrogens with one attached hydrogen (secondary N) is 1. The highest BCUT2D eigenvalue weighted by Crippen LogP contribution is 2.24. The summed E-state index contributed by atoms with van der Waals surface area (Å²) >= 11 is 5.84. The zero-order valence-electron chi connectivity index (χ0n) is 17.0. The van der Waals surface area contributed by atoms with E-state index < -0.39 is 10.0 Å². The number of nitrogens with zero attached hydrogens (tertiary/aromatic N) is 1. The summed E-state index contributed by atoms with van der Waals surface area (Å²) in [4.78, 5) is 12.5. The number of benzene rings is 3. The third kappa shape index (κ3) is 5.01. The first-order chi connectivity index (χ1) is 14.2. The molecule has 3 rings (SSSR count). The minimum atomic E-state index is -3.70. The second-order valence-electron chi connectivity index (χ2n) is 7.14. The number of aryl methyl sites for hydroxylation is 2. The minimum Gasteiger partial charge on any atom is -0.326 e. The van der Waals surface area contributed by atoms with Crippen LogP contribution in [-0.4, -0.2) is 21.4 Å². The van der Waals surface area contributed by atoms with E-state index in [1.165, 1.54) is 23.5 Å². The Bertz CT molecular complexity index is 1160. The Morgan fingerprint density at radius 1 is 0.967 bits per heavy atom. The van der Waals surface area contributed by atoms with Crippen molar-refractivity contribution in [3.8, 4) is 0 Å². The predicted molar refractivity (Wildman–Crippen MR) is 122 cm³/mol. The first-order valence-corrected chi connectivity index (χ1v) is 11.2. The number of hydrogen-bond acceptors (Lipinski definition) is 3. The molecule has 0 heterocycles. The first kappa shape index (κ1) is 21.9. The SMILES string of the molecule is Cc1ccc(NC(=O)Cc2ccc(N(C)S(=O)(=O)c3ccc(Cl)cc3)cc2)c(C)c1. The molecule has 7 heteroatoms. The average Bonchev–Trinajstić information content (AvgIpc) is 2.70. The van der Waals surface area contributed by atoms with E-state index in [4.69, 9.17) is 11.6 Å². The number of sulfonamides is 1. The summed E-state index contributed by atoms with van der Waals surface area (Å²) in [5.74, 6) is -0.128. The Morgan fingerprint density at radius 2 is 1.60 bits per heavy atom. The molecule has 156 valence electrons. The lowest BCUT2D eigenvalue weighted by Crippen LogP contribution is -2.26. The van der Waals surface area contributed by atoms with Crippen molar-refractivity contribution >= 4 is 38.9 Å². The highest BCUT2D eigenvalue weighted by molar-refractivity contribution is 7.92. The highest BCUT2D eigenvalue weighted by Gasteiger charge is 2.21. The Kier molecular flexibility index (Phi) is 6.48. The van der Waals surface area contributed by atoms with Crippen LogP contribution in [-0.2, 0) is 21.2 Å². The summed E-state index contributed by atoms with van der Waals surface area (Å²) in [7, 11) is -2.21. The summed E-state index contributed by atoms with van der Waals surface area (Å²) < 4.78 is 26.8. The van der Waals surface area contributed by atoms with Crippen LogP contribution < -0.4 is 9.62 Å². The van der Waals surface area contributed by atoms with Crippen LogP contribution in [0.25, 0.3) is 0 Å². The number of carbonyl (C=O) groups is 1. The number of anilines is 2. The molecular weight excluding hydrogens is 420 g/mol. The fourth-order valence-corrected chi connectivity index (χ4v) is 4.38. The van der Waals surface area contributed by atoms with Gasteiger partial charge in [0, 0.05) is 17.8 Å². The van der Waals surface area contributed by atoms with Gasteiger partial charge in [-0.15, -0.1) is 0 Å². The molecule has 1 amide bonds. The maximum absolute atomic E-state index is 12.8. The van der Waals surface area contributed by atoms with Gasteiger partial charge >= 0.3 is 0 Å². The molecule has 0 radical (unpaired) electrons. The van der Waals surface area contributed by atoms with Crippen LogP contribution in [0.2, 0.25) is 5.02 Å². The molecule has 0 saturated heterocycles. The molecule has 0 spiro atoms. The van der Waals surface area contributed by atoms with Crippen molar-refractivity contribution in [1.29, 1.82) is 0 Å². The maximum atomic E-state index is 12.8. The maximum Gasteiger partial charge on any atom is 0.264 e. The van der Waals surface area contributed by atoms with Crippen molar-refractivity contribution in [2.75, 3.05) is 16.7 Å². The predicted octanol–water partition coefficient (Wildman–Crippen LogP) is 4.96. The van der Waals surface area contributed by atoms with Gasteiger partial charge in [-0.3, -0.25) is 9.10 Å². The number of rotatable bonds is 6. The number of hydrogen-bond donors (Lipinski definition) is 1. The van der Waals surface area contributed by atoms with E-state index in [1.807, 2.05) is 32.0 Å². The van der Waals surface area contributed by atoms with Gasteiger partial charge in [0.05, 0.1) is 17.0 Å². The second kappa shape index (κ2) is 8.90. The van der Waals surface area contributed by atoms with E-state index in [9.17, 15) is 13.2 Å². The van der Waals surface area contributed by atoms with Crippen molar-refractivity contribution in [2.24, 2.45) is 0 Å². The molecular formula is C23H23ClN2O3S. The second-order valence-corrected chi connectivity index (χ2v) is 9.54. The van der Waals surface area contributed by atoms with Crippen molar-refractivity contribution < 1.29 is 13.2 Å². The summed E-state index contributed by atoms with van der Waals surface area (Å²) in [6.45, 7) is 3.96. The summed E-state index contributed by atoms with van der Waals surface area (Å²) in [6.07, 6.45) is 0.196.